The van der Waals surface area contributed by atoms with E-state index in [4.69, 9.17) is 0 Å². The average Bonchev–Trinajstić information content (AvgIpc) is 2.93. The van der Waals surface area contributed by atoms with Gasteiger partial charge in [0.15, 0.2) is 5.12 Å². The number of hydrogen-bond donors (Lipinski definition) is 1. The van der Waals surface area contributed by atoms with Crippen LogP contribution in [0.3, 0.4) is 0 Å². The summed E-state index contributed by atoms with van der Waals surface area (Å²) in [6.45, 7) is 2.83. The van der Waals surface area contributed by atoms with E-state index < -0.39 is 71.8 Å². The Morgan fingerprint density at radius 2 is 1.52 bits per heavy atom. The Morgan fingerprint density at radius 3 is 2.12 bits per heavy atom. The Kier molecular flexibility index (Phi) is 9.71. The lowest BCUT2D eigenvalue weighted by atomic mass is 10.0. The van der Waals surface area contributed by atoms with Crippen LogP contribution in [0.25, 0.3) is 10.8 Å². The quantitative estimate of drug-likeness (QED) is 0.0489. The van der Waals surface area contributed by atoms with Gasteiger partial charge in [-0.1, -0.05) is 43.8 Å². The molecule has 0 heterocycles. The molecule has 6 nitrogen and oxygen atoms in total. The average molecular weight is 612 g/mol. The number of fused-ring (bicyclic) bond motifs is 1. The molecule has 1 N–H and O–H groups in total. The highest BCUT2D eigenvalue weighted by atomic mass is 32.2. The maximum absolute atomic E-state index is 15.0. The Balaban J connectivity index is 1.83. The minimum absolute atomic E-state index is 0.126. The van der Waals surface area contributed by atoms with Gasteiger partial charge in [0.2, 0.25) is 34.8 Å². The second-order valence-electron chi connectivity index (χ2n) is 8.44. The van der Waals surface area contributed by atoms with Crippen LogP contribution in [0.15, 0.2) is 36.4 Å². The number of halogens is 7. The number of ether oxygens (including phenoxy) is 1. The molecule has 2 atom stereocenters. The van der Waals surface area contributed by atoms with Crippen molar-refractivity contribution in [3.63, 3.8) is 0 Å². The smallest absolute Gasteiger partial charge is 0.401 e. The monoisotopic (exact) mass is 612 g/mol. The van der Waals surface area contributed by atoms with Gasteiger partial charge in [0.25, 0.3) is 0 Å². The van der Waals surface area contributed by atoms with Gasteiger partial charge in [0.1, 0.15) is 0 Å². The van der Waals surface area contributed by atoms with Gasteiger partial charge in [-0.2, -0.15) is 17.6 Å². The lowest BCUT2D eigenvalue weighted by Gasteiger charge is -2.22. The first-order valence-corrected chi connectivity index (χ1v) is 14.0. The van der Waals surface area contributed by atoms with Gasteiger partial charge in [-0.05, 0) is 35.4 Å². The zero-order valence-electron chi connectivity index (χ0n) is 20.7. The first-order chi connectivity index (χ1) is 18.6. The van der Waals surface area contributed by atoms with Crippen molar-refractivity contribution in [2.24, 2.45) is 5.92 Å². The second kappa shape index (κ2) is 12.3. The predicted molar refractivity (Wildman–Crippen MR) is 132 cm³/mol. The molecule has 0 bridgehead atoms. The highest BCUT2D eigenvalue weighted by Gasteiger charge is 2.52. The molecule has 0 aliphatic rings. The van der Waals surface area contributed by atoms with E-state index in [0.29, 0.717) is 6.42 Å². The van der Waals surface area contributed by atoms with Crippen LogP contribution in [0.5, 0.6) is 5.75 Å². The van der Waals surface area contributed by atoms with E-state index in [1.807, 2.05) is 0 Å². The van der Waals surface area contributed by atoms with E-state index >= 15 is 0 Å². The van der Waals surface area contributed by atoms with Crippen molar-refractivity contribution in [1.29, 1.82) is 0 Å². The van der Waals surface area contributed by atoms with Crippen LogP contribution in [-0.2, 0) is 19.5 Å². The summed E-state index contributed by atoms with van der Waals surface area (Å²) in [4.78, 5) is 34.2. The first kappa shape index (κ1) is 31.6. The summed E-state index contributed by atoms with van der Waals surface area (Å²) in [6.07, 6.45) is 0.557. The molecular weight excluding hydrogens is 592 g/mol. The topological polar surface area (TPSA) is 89.9 Å². The molecule has 0 radical (unpaired) electrons. The van der Waals surface area contributed by atoms with Crippen LogP contribution < -0.4 is 4.74 Å². The molecule has 15 heteroatoms. The summed E-state index contributed by atoms with van der Waals surface area (Å²) in [5.41, 5.74) is -5.94. The summed E-state index contributed by atoms with van der Waals surface area (Å²) in [5.74, 6) is -15.8. The Labute approximate surface area is 227 Å². The van der Waals surface area contributed by atoms with Gasteiger partial charge >= 0.3 is 19.2 Å². The number of carbonyl (C=O) groups is 2. The van der Waals surface area contributed by atoms with Gasteiger partial charge in [-0.15, -0.1) is 0 Å². The fourth-order valence-electron chi connectivity index (χ4n) is 3.24. The Hall–Kier alpha value is -2.93. The second-order valence-corrected chi connectivity index (χ2v) is 11.4. The minimum Gasteiger partial charge on any atom is -0.416 e. The molecule has 0 aliphatic heterocycles. The van der Waals surface area contributed by atoms with Gasteiger partial charge in [-0.3, -0.25) is 9.36 Å². The number of carbonyl (C=O) groups excluding carboxylic acids is 2. The zero-order chi connectivity index (χ0) is 30.0. The van der Waals surface area contributed by atoms with Gasteiger partial charge in [0.05, 0.1) is 12.2 Å². The maximum Gasteiger partial charge on any atom is 0.401 e. The molecule has 3 aromatic carbocycles. The molecule has 2 unspecified atom stereocenters. The summed E-state index contributed by atoms with van der Waals surface area (Å²) >= 11 is 0.775. The third-order valence-corrected chi connectivity index (χ3v) is 8.31. The van der Waals surface area contributed by atoms with E-state index in [-0.39, 0.29) is 27.6 Å². The van der Waals surface area contributed by atoms with Crippen LogP contribution in [0.1, 0.15) is 36.2 Å². The molecule has 0 saturated carbocycles. The summed E-state index contributed by atoms with van der Waals surface area (Å²) in [5, 5.41) is -0.116. The lowest BCUT2D eigenvalue weighted by Crippen LogP contribution is -2.17. The number of esters is 1. The molecule has 0 spiro atoms. The fourth-order valence-corrected chi connectivity index (χ4v) is 5.15. The van der Waals surface area contributed by atoms with Crippen LogP contribution >= 0.6 is 19.4 Å². The summed E-state index contributed by atoms with van der Waals surface area (Å²) < 4.78 is 119. The van der Waals surface area contributed by atoms with E-state index in [0.717, 1.165) is 42.1 Å². The van der Waals surface area contributed by atoms with Crippen LogP contribution in [0, 0.1) is 35.0 Å². The van der Waals surface area contributed by atoms with Crippen molar-refractivity contribution in [1.82, 2.24) is 0 Å². The van der Waals surface area contributed by atoms with E-state index in [9.17, 15) is 49.8 Å². The molecule has 0 saturated heterocycles. The highest BCUT2D eigenvalue weighted by molar-refractivity contribution is 8.13. The SMILES string of the molecule is CCC(C)C(=O)SCCOP(=O)(O)C(F)(F)c1ccc2ccc(C(=O)Oc3c(F)c(F)c(F)c(F)c3F)cc2c1. The molecule has 0 aliphatic carbocycles. The maximum atomic E-state index is 15.0. The normalized spacial score (nSPS) is 14.2. The number of thioether (sulfide) groups is 1. The molecule has 0 aromatic heterocycles. The van der Waals surface area contributed by atoms with Crippen molar-refractivity contribution in [3.05, 3.63) is 76.6 Å². The van der Waals surface area contributed by atoms with Crippen LogP contribution in [0.2, 0.25) is 0 Å². The molecular formula is C25H20F7O6PS. The molecule has 0 amide bonds. The lowest BCUT2D eigenvalue weighted by molar-refractivity contribution is -0.114. The van der Waals surface area contributed by atoms with Crippen molar-refractivity contribution < 1.29 is 59.0 Å². The standard InChI is InChI=1S/C25H20F7O6PS/c1-3-12(2)24(34)40-9-8-37-39(35,36)25(31,32)16-7-6-13-4-5-14(10-15(13)11-16)23(33)38-22-20(29)18(27)17(26)19(28)21(22)30/h4-7,10-12H,3,8-9H2,1-2H3,(H,35,36). The highest BCUT2D eigenvalue weighted by Crippen LogP contribution is 2.63. The molecule has 3 rings (SSSR count). The largest absolute Gasteiger partial charge is 0.416 e. The van der Waals surface area contributed by atoms with Gasteiger partial charge in [-0.25, -0.2) is 18.0 Å². The number of rotatable bonds is 10. The van der Waals surface area contributed by atoms with Crippen molar-refractivity contribution in [2.45, 2.75) is 25.9 Å². The number of benzene rings is 3. The summed E-state index contributed by atoms with van der Waals surface area (Å²) in [7, 11) is -5.62. The van der Waals surface area contributed by atoms with Gasteiger partial charge in [0, 0.05) is 17.2 Å². The molecule has 40 heavy (non-hydrogen) atoms. The molecule has 3 aromatic rings. The third kappa shape index (κ3) is 6.35. The van der Waals surface area contributed by atoms with Crippen molar-refractivity contribution in [2.75, 3.05) is 12.4 Å². The minimum atomic E-state index is -5.62. The Morgan fingerprint density at radius 1 is 0.950 bits per heavy atom. The zero-order valence-corrected chi connectivity index (χ0v) is 22.4. The number of alkyl halides is 2. The van der Waals surface area contributed by atoms with Crippen molar-refractivity contribution >= 4 is 41.2 Å². The van der Waals surface area contributed by atoms with Crippen LogP contribution in [0.4, 0.5) is 30.7 Å². The van der Waals surface area contributed by atoms with Gasteiger partial charge < -0.3 is 14.2 Å². The Bertz CT molecular complexity index is 1490. The fraction of sp³-hybridized carbons (Fsp3) is 0.280. The van der Waals surface area contributed by atoms with E-state index in [2.05, 4.69) is 9.26 Å². The summed E-state index contributed by atoms with van der Waals surface area (Å²) in [6, 6.07) is 5.85. The predicted octanol–water partition coefficient (Wildman–Crippen LogP) is 7.31. The molecule has 0 fully saturated rings. The third-order valence-electron chi connectivity index (χ3n) is 5.75. The molecule has 216 valence electrons. The first-order valence-electron chi connectivity index (χ1n) is 11.4. The number of hydrogen-bond acceptors (Lipinski definition) is 6. The van der Waals surface area contributed by atoms with E-state index in [1.54, 1.807) is 13.8 Å². The van der Waals surface area contributed by atoms with Crippen LogP contribution in [-0.4, -0.2) is 28.3 Å². The van der Waals surface area contributed by atoms with E-state index in [1.165, 1.54) is 6.07 Å². The van der Waals surface area contributed by atoms with Crippen molar-refractivity contribution in [3.8, 4) is 5.75 Å².